The molecule has 0 radical (unpaired) electrons. The van der Waals surface area contributed by atoms with E-state index in [0.717, 1.165) is 21.4 Å². The SMILES string of the molecule is Cc1csc(N(C(=O)CN2C(=O)NC(C)(c3ccc4ccccc4c3)C2=O)c2ccccc2)n1. The van der Waals surface area contributed by atoms with E-state index >= 15 is 0 Å². The summed E-state index contributed by atoms with van der Waals surface area (Å²) in [4.78, 5) is 46.7. The molecule has 8 heteroatoms. The fourth-order valence-corrected chi connectivity index (χ4v) is 4.96. The molecule has 5 rings (SSSR count). The van der Waals surface area contributed by atoms with Crippen LogP contribution in [0.15, 0.2) is 78.2 Å². The lowest BCUT2D eigenvalue weighted by Gasteiger charge is -2.24. The van der Waals surface area contributed by atoms with Gasteiger partial charge in [0.05, 0.1) is 11.4 Å². The summed E-state index contributed by atoms with van der Waals surface area (Å²) in [7, 11) is 0. The first-order valence-electron chi connectivity index (χ1n) is 10.8. The number of rotatable bonds is 5. The molecular weight excluding hydrogens is 448 g/mol. The highest BCUT2D eigenvalue weighted by molar-refractivity contribution is 7.14. The first kappa shape index (κ1) is 21.8. The Bertz CT molecular complexity index is 1420. The van der Waals surface area contributed by atoms with Crippen molar-refractivity contribution < 1.29 is 14.4 Å². The number of anilines is 2. The van der Waals surface area contributed by atoms with Crippen LogP contribution in [0.3, 0.4) is 0 Å². The minimum absolute atomic E-state index is 0.401. The number of carbonyl (C=O) groups excluding carboxylic acids is 3. The second-order valence-corrected chi connectivity index (χ2v) is 9.18. The molecule has 1 atom stereocenters. The van der Waals surface area contributed by atoms with E-state index in [1.807, 2.05) is 73.0 Å². The van der Waals surface area contributed by atoms with Crippen molar-refractivity contribution in [2.45, 2.75) is 19.4 Å². The summed E-state index contributed by atoms with van der Waals surface area (Å²) in [5, 5.41) is 7.13. The number of urea groups is 1. The number of imide groups is 1. The zero-order valence-corrected chi connectivity index (χ0v) is 19.5. The molecule has 4 amide bonds. The molecule has 1 aliphatic rings. The van der Waals surface area contributed by atoms with Gasteiger partial charge in [-0.05, 0) is 48.4 Å². The maximum atomic E-state index is 13.5. The van der Waals surface area contributed by atoms with Gasteiger partial charge in [0, 0.05) is 5.38 Å². The van der Waals surface area contributed by atoms with Gasteiger partial charge in [-0.1, -0.05) is 54.6 Å². The maximum absolute atomic E-state index is 13.5. The zero-order valence-electron chi connectivity index (χ0n) is 18.7. The lowest BCUT2D eigenvalue weighted by molar-refractivity contribution is -0.134. The van der Waals surface area contributed by atoms with Crippen LogP contribution in [0.5, 0.6) is 0 Å². The van der Waals surface area contributed by atoms with Crippen molar-refractivity contribution in [3.05, 3.63) is 89.4 Å². The number of aryl methyl sites for hydroxylation is 1. The Balaban J connectivity index is 1.45. The van der Waals surface area contributed by atoms with E-state index in [2.05, 4.69) is 10.3 Å². The molecule has 0 spiro atoms. The number of nitrogens with zero attached hydrogens (tertiary/aromatic N) is 3. The number of hydrogen-bond acceptors (Lipinski definition) is 5. The highest BCUT2D eigenvalue weighted by Gasteiger charge is 2.50. The molecule has 0 saturated carbocycles. The van der Waals surface area contributed by atoms with E-state index in [4.69, 9.17) is 0 Å². The smallest absolute Gasteiger partial charge is 0.319 e. The Morgan fingerprint density at radius 3 is 2.44 bits per heavy atom. The number of aromatic nitrogens is 1. The minimum atomic E-state index is -1.27. The summed E-state index contributed by atoms with van der Waals surface area (Å²) in [5.41, 5.74) is 0.797. The van der Waals surface area contributed by atoms with E-state index in [1.54, 1.807) is 19.1 Å². The molecule has 4 aromatic rings. The third-order valence-corrected chi connectivity index (χ3v) is 6.90. The topological polar surface area (TPSA) is 82.6 Å². The predicted octanol–water partition coefficient (Wildman–Crippen LogP) is 4.74. The Morgan fingerprint density at radius 2 is 1.74 bits per heavy atom. The average molecular weight is 471 g/mol. The number of nitrogens with one attached hydrogen (secondary N) is 1. The molecule has 1 unspecified atom stereocenters. The first-order valence-corrected chi connectivity index (χ1v) is 11.7. The van der Waals surface area contributed by atoms with Gasteiger partial charge in [0.1, 0.15) is 12.1 Å². The van der Waals surface area contributed by atoms with E-state index in [1.165, 1.54) is 16.2 Å². The Morgan fingerprint density at radius 1 is 1.03 bits per heavy atom. The normalized spacial score (nSPS) is 17.8. The Hall–Kier alpha value is -4.04. The highest BCUT2D eigenvalue weighted by Crippen LogP contribution is 2.33. The predicted molar refractivity (Wildman–Crippen MR) is 132 cm³/mol. The van der Waals surface area contributed by atoms with Crippen LogP contribution < -0.4 is 10.2 Å². The first-order chi connectivity index (χ1) is 16.4. The number of thiazole rings is 1. The van der Waals surface area contributed by atoms with E-state index in [-0.39, 0.29) is 0 Å². The third kappa shape index (κ3) is 3.72. The molecule has 170 valence electrons. The molecule has 2 heterocycles. The monoisotopic (exact) mass is 470 g/mol. The summed E-state index contributed by atoms with van der Waals surface area (Å²) in [6.45, 7) is 3.11. The van der Waals surface area contributed by atoms with Crippen LogP contribution in [0.1, 0.15) is 18.2 Å². The zero-order chi connectivity index (χ0) is 23.9. The standard InChI is InChI=1S/C26H22N4O3S/c1-17-16-34-25(27-17)30(21-10-4-3-5-11-21)22(31)15-29-23(32)26(2,28-24(29)33)20-13-12-18-8-6-7-9-19(18)14-20/h3-14,16H,15H2,1-2H3,(H,28,33). The van der Waals surface area contributed by atoms with Gasteiger partial charge in [-0.25, -0.2) is 9.78 Å². The van der Waals surface area contributed by atoms with Gasteiger partial charge in [-0.15, -0.1) is 11.3 Å². The summed E-state index contributed by atoms with van der Waals surface area (Å²) in [6.07, 6.45) is 0. The molecule has 34 heavy (non-hydrogen) atoms. The van der Waals surface area contributed by atoms with Crippen molar-refractivity contribution in [2.75, 3.05) is 11.4 Å². The van der Waals surface area contributed by atoms with Gasteiger partial charge in [-0.3, -0.25) is 19.4 Å². The van der Waals surface area contributed by atoms with Crippen molar-refractivity contribution in [1.82, 2.24) is 15.2 Å². The number of para-hydroxylation sites is 1. The van der Waals surface area contributed by atoms with Crippen molar-refractivity contribution >= 4 is 50.8 Å². The highest BCUT2D eigenvalue weighted by atomic mass is 32.1. The maximum Gasteiger partial charge on any atom is 0.325 e. The number of fused-ring (bicyclic) bond motifs is 1. The Kier molecular flexibility index (Phi) is 5.37. The fourth-order valence-electron chi connectivity index (χ4n) is 4.12. The number of carbonyl (C=O) groups is 3. The number of benzene rings is 3. The van der Waals surface area contributed by atoms with Crippen LogP contribution in [0.2, 0.25) is 0 Å². The lowest BCUT2D eigenvalue weighted by Crippen LogP contribution is -2.43. The summed E-state index contributed by atoms with van der Waals surface area (Å²) >= 11 is 1.33. The van der Waals surface area contributed by atoms with Crippen molar-refractivity contribution in [1.29, 1.82) is 0 Å². The molecule has 1 aliphatic heterocycles. The van der Waals surface area contributed by atoms with Crippen LogP contribution in [0.4, 0.5) is 15.6 Å². The second kappa shape index (κ2) is 8.39. The van der Waals surface area contributed by atoms with Crippen LogP contribution in [0.25, 0.3) is 10.8 Å². The minimum Gasteiger partial charge on any atom is -0.319 e. The lowest BCUT2D eigenvalue weighted by atomic mass is 9.90. The van der Waals surface area contributed by atoms with Crippen LogP contribution in [-0.2, 0) is 15.1 Å². The van der Waals surface area contributed by atoms with Gasteiger partial charge in [0.15, 0.2) is 5.13 Å². The number of amides is 4. The van der Waals surface area contributed by atoms with Crippen molar-refractivity contribution in [3.8, 4) is 0 Å². The molecule has 1 fully saturated rings. The molecule has 1 N–H and O–H groups in total. The van der Waals surface area contributed by atoms with Gasteiger partial charge in [-0.2, -0.15) is 0 Å². The number of hydrogen-bond donors (Lipinski definition) is 1. The molecule has 7 nitrogen and oxygen atoms in total. The van der Waals surface area contributed by atoms with Gasteiger partial charge < -0.3 is 5.32 Å². The van der Waals surface area contributed by atoms with Crippen LogP contribution in [-0.4, -0.2) is 34.3 Å². The van der Waals surface area contributed by atoms with E-state index in [0.29, 0.717) is 16.4 Å². The second-order valence-electron chi connectivity index (χ2n) is 8.34. The average Bonchev–Trinajstić information content (AvgIpc) is 3.36. The summed E-state index contributed by atoms with van der Waals surface area (Å²) in [5.74, 6) is -0.892. The fraction of sp³-hybridized carbons (Fsp3) is 0.154. The quantitative estimate of drug-likeness (QED) is 0.427. The van der Waals surface area contributed by atoms with E-state index in [9.17, 15) is 14.4 Å². The molecule has 1 saturated heterocycles. The molecule has 0 aliphatic carbocycles. The largest absolute Gasteiger partial charge is 0.325 e. The third-order valence-electron chi connectivity index (χ3n) is 5.96. The van der Waals surface area contributed by atoms with Crippen LogP contribution in [0, 0.1) is 6.92 Å². The molecule has 0 bridgehead atoms. The van der Waals surface area contributed by atoms with Crippen LogP contribution >= 0.6 is 11.3 Å². The summed E-state index contributed by atoms with van der Waals surface area (Å²) < 4.78 is 0. The molecule has 3 aromatic carbocycles. The molecular formula is C26H22N4O3S. The van der Waals surface area contributed by atoms with Crippen molar-refractivity contribution in [3.63, 3.8) is 0 Å². The Labute approximate surface area is 200 Å². The van der Waals surface area contributed by atoms with Gasteiger partial charge in [0.25, 0.3) is 11.8 Å². The summed E-state index contributed by atoms with van der Waals surface area (Å²) in [6, 6.07) is 21.9. The van der Waals surface area contributed by atoms with Crippen molar-refractivity contribution in [2.24, 2.45) is 0 Å². The van der Waals surface area contributed by atoms with Gasteiger partial charge >= 0.3 is 6.03 Å². The van der Waals surface area contributed by atoms with Gasteiger partial charge in [0.2, 0.25) is 0 Å². The molecule has 1 aromatic heterocycles. The van der Waals surface area contributed by atoms with E-state index < -0.39 is 29.9 Å².